The van der Waals surface area contributed by atoms with Crippen molar-refractivity contribution in [3.63, 3.8) is 0 Å². The molecule has 0 unspecified atom stereocenters. The average molecular weight is 204 g/mol. The van der Waals surface area contributed by atoms with Crippen LogP contribution in [0.2, 0.25) is 0 Å². The number of aromatic hydroxyl groups is 1. The number of hydrogen-bond donors (Lipinski definition) is 1. The molecule has 1 aromatic rings. The van der Waals surface area contributed by atoms with Crippen LogP contribution in [0.1, 0.15) is 36.0 Å². The van der Waals surface area contributed by atoms with E-state index in [1.54, 1.807) is 6.07 Å². The Morgan fingerprint density at radius 3 is 2.80 bits per heavy atom. The van der Waals surface area contributed by atoms with Gasteiger partial charge in [0.2, 0.25) is 0 Å². The Hall–Kier alpha value is -1.51. The Labute approximate surface area is 87.7 Å². The van der Waals surface area contributed by atoms with Crippen LogP contribution in [-0.2, 0) is 0 Å². The third-order valence-electron chi connectivity index (χ3n) is 3.34. The van der Waals surface area contributed by atoms with Crippen LogP contribution < -0.4 is 4.74 Å². The summed E-state index contributed by atoms with van der Waals surface area (Å²) in [4.78, 5) is 11.8. The van der Waals surface area contributed by atoms with Crippen molar-refractivity contribution in [3.8, 4) is 11.5 Å². The van der Waals surface area contributed by atoms with Crippen LogP contribution in [0.3, 0.4) is 0 Å². The van der Waals surface area contributed by atoms with Gasteiger partial charge in [-0.1, -0.05) is 0 Å². The van der Waals surface area contributed by atoms with Gasteiger partial charge in [-0.3, -0.25) is 4.79 Å². The predicted octanol–water partition coefficient (Wildman–Crippen LogP) is 2.28. The summed E-state index contributed by atoms with van der Waals surface area (Å²) in [5.41, 5.74) is 0.350. The van der Waals surface area contributed by atoms with Gasteiger partial charge < -0.3 is 9.84 Å². The fourth-order valence-corrected chi connectivity index (χ4v) is 2.33. The zero-order chi connectivity index (χ0) is 10.5. The number of carbonyl (C=O) groups is 1. The lowest BCUT2D eigenvalue weighted by Gasteiger charge is -2.44. The molecule has 1 spiro atoms. The number of ketones is 1. The molecule has 0 amide bonds. The summed E-state index contributed by atoms with van der Waals surface area (Å²) in [5.74, 6) is 0.833. The Kier molecular flexibility index (Phi) is 1.61. The van der Waals surface area contributed by atoms with Crippen LogP contribution in [0.25, 0.3) is 0 Å². The summed E-state index contributed by atoms with van der Waals surface area (Å²) >= 11 is 0. The first-order chi connectivity index (χ1) is 7.19. The monoisotopic (exact) mass is 204 g/mol. The molecule has 1 aliphatic heterocycles. The molecule has 0 bridgehead atoms. The number of ether oxygens (including phenoxy) is 1. The molecule has 78 valence electrons. The first-order valence-electron chi connectivity index (χ1n) is 5.24. The maximum Gasteiger partial charge on any atom is 0.170 e. The number of rotatable bonds is 0. The third kappa shape index (κ3) is 1.23. The van der Waals surface area contributed by atoms with E-state index in [0.717, 1.165) is 19.3 Å². The summed E-state index contributed by atoms with van der Waals surface area (Å²) in [6.45, 7) is 0. The first kappa shape index (κ1) is 8.77. The molecule has 0 radical (unpaired) electrons. The Morgan fingerprint density at radius 2 is 2.13 bits per heavy atom. The van der Waals surface area contributed by atoms with Crippen LogP contribution in [0.15, 0.2) is 18.2 Å². The van der Waals surface area contributed by atoms with Crippen LogP contribution >= 0.6 is 0 Å². The average Bonchev–Trinajstić information content (AvgIpc) is 2.14. The first-order valence-corrected chi connectivity index (χ1v) is 5.24. The van der Waals surface area contributed by atoms with Gasteiger partial charge in [0.05, 0.1) is 12.0 Å². The molecular weight excluding hydrogens is 192 g/mol. The van der Waals surface area contributed by atoms with Gasteiger partial charge in [-0.05, 0) is 31.4 Å². The minimum atomic E-state index is -0.252. The molecule has 15 heavy (non-hydrogen) atoms. The number of phenols is 1. The number of phenolic OH excluding ortho intramolecular Hbond substituents is 1. The standard InChI is InChI=1S/C12H12O3/c13-8-2-3-9-10(14)7-12(4-1-5-12)15-11(9)6-8/h2-3,6,13H,1,4-5,7H2. The number of carbonyl (C=O) groups excluding carboxylic acids is 1. The summed E-state index contributed by atoms with van der Waals surface area (Å²) in [5, 5.41) is 9.34. The van der Waals surface area contributed by atoms with Gasteiger partial charge in [-0.25, -0.2) is 0 Å². The smallest absolute Gasteiger partial charge is 0.170 e. The topological polar surface area (TPSA) is 46.5 Å². The normalized spacial score (nSPS) is 21.7. The molecule has 0 aromatic heterocycles. The molecule has 1 aromatic carbocycles. The second-order valence-electron chi connectivity index (χ2n) is 4.42. The maximum absolute atomic E-state index is 11.8. The highest BCUT2D eigenvalue weighted by molar-refractivity contribution is 6.00. The molecule has 3 heteroatoms. The summed E-state index contributed by atoms with van der Waals surface area (Å²) in [7, 11) is 0. The van der Waals surface area contributed by atoms with Crippen LogP contribution in [0.5, 0.6) is 11.5 Å². The number of hydrogen-bond acceptors (Lipinski definition) is 3. The van der Waals surface area contributed by atoms with Crippen molar-refractivity contribution in [3.05, 3.63) is 23.8 Å². The van der Waals surface area contributed by atoms with Gasteiger partial charge in [0.1, 0.15) is 17.1 Å². The molecule has 1 saturated carbocycles. The molecule has 1 fully saturated rings. The van der Waals surface area contributed by atoms with E-state index in [1.807, 2.05) is 0 Å². The quantitative estimate of drug-likeness (QED) is 0.705. The Balaban J connectivity index is 2.05. The van der Waals surface area contributed by atoms with Crippen molar-refractivity contribution in [1.82, 2.24) is 0 Å². The van der Waals surface area contributed by atoms with E-state index in [1.165, 1.54) is 12.1 Å². The van der Waals surface area contributed by atoms with Crippen LogP contribution in [0, 0.1) is 0 Å². The van der Waals surface area contributed by atoms with Gasteiger partial charge in [0.25, 0.3) is 0 Å². The Morgan fingerprint density at radius 1 is 1.33 bits per heavy atom. The molecule has 0 saturated heterocycles. The molecule has 1 aliphatic carbocycles. The maximum atomic E-state index is 11.8. The number of benzene rings is 1. The van der Waals surface area contributed by atoms with Gasteiger partial charge in [-0.2, -0.15) is 0 Å². The molecule has 2 aliphatic rings. The van der Waals surface area contributed by atoms with E-state index in [0.29, 0.717) is 17.7 Å². The van der Waals surface area contributed by atoms with Crippen molar-refractivity contribution < 1.29 is 14.6 Å². The second kappa shape index (κ2) is 2.75. The zero-order valence-corrected chi connectivity index (χ0v) is 8.32. The molecular formula is C12H12O3. The van der Waals surface area contributed by atoms with E-state index in [-0.39, 0.29) is 17.1 Å². The SMILES string of the molecule is O=C1CC2(CCC2)Oc2cc(O)ccc21. The third-order valence-corrected chi connectivity index (χ3v) is 3.34. The number of fused-ring (bicyclic) bond motifs is 1. The van der Waals surface area contributed by atoms with Crippen molar-refractivity contribution in [2.45, 2.75) is 31.3 Å². The summed E-state index contributed by atoms with van der Waals surface area (Å²) in [6.07, 6.45) is 3.52. The molecule has 3 nitrogen and oxygen atoms in total. The lowest BCUT2D eigenvalue weighted by Crippen LogP contribution is -2.47. The minimum Gasteiger partial charge on any atom is -0.508 e. The van der Waals surface area contributed by atoms with Crippen molar-refractivity contribution >= 4 is 5.78 Å². The van der Waals surface area contributed by atoms with E-state index >= 15 is 0 Å². The van der Waals surface area contributed by atoms with Crippen LogP contribution in [-0.4, -0.2) is 16.5 Å². The predicted molar refractivity (Wildman–Crippen MR) is 54.3 cm³/mol. The van der Waals surface area contributed by atoms with E-state index in [2.05, 4.69) is 0 Å². The molecule has 1 heterocycles. The van der Waals surface area contributed by atoms with Gasteiger partial charge >= 0.3 is 0 Å². The summed E-state index contributed by atoms with van der Waals surface area (Å²) in [6, 6.07) is 4.70. The molecule has 0 atom stereocenters. The fourth-order valence-electron chi connectivity index (χ4n) is 2.33. The van der Waals surface area contributed by atoms with Crippen molar-refractivity contribution in [1.29, 1.82) is 0 Å². The largest absolute Gasteiger partial charge is 0.508 e. The van der Waals surface area contributed by atoms with Gasteiger partial charge in [0, 0.05) is 6.07 Å². The molecule has 3 rings (SSSR count). The zero-order valence-electron chi connectivity index (χ0n) is 8.32. The van der Waals surface area contributed by atoms with Crippen molar-refractivity contribution in [2.75, 3.05) is 0 Å². The van der Waals surface area contributed by atoms with E-state index in [9.17, 15) is 9.90 Å². The molecule has 1 N–H and O–H groups in total. The van der Waals surface area contributed by atoms with Gasteiger partial charge in [-0.15, -0.1) is 0 Å². The Bertz CT molecular complexity index is 432. The fraction of sp³-hybridized carbons (Fsp3) is 0.417. The highest BCUT2D eigenvalue weighted by Crippen LogP contribution is 2.45. The number of Topliss-reactive ketones (excluding diaryl/α,β-unsaturated/α-hetero) is 1. The minimum absolute atomic E-state index is 0.135. The van der Waals surface area contributed by atoms with E-state index in [4.69, 9.17) is 4.74 Å². The lowest BCUT2D eigenvalue weighted by atomic mass is 9.74. The highest BCUT2D eigenvalue weighted by Gasteiger charge is 2.45. The van der Waals surface area contributed by atoms with E-state index < -0.39 is 0 Å². The second-order valence-corrected chi connectivity index (χ2v) is 4.42. The summed E-state index contributed by atoms with van der Waals surface area (Å²) < 4.78 is 5.83. The van der Waals surface area contributed by atoms with Gasteiger partial charge in [0.15, 0.2) is 5.78 Å². The van der Waals surface area contributed by atoms with Crippen molar-refractivity contribution in [2.24, 2.45) is 0 Å². The lowest BCUT2D eigenvalue weighted by molar-refractivity contribution is -0.0178. The highest BCUT2D eigenvalue weighted by atomic mass is 16.5. The van der Waals surface area contributed by atoms with Crippen LogP contribution in [0.4, 0.5) is 0 Å².